The second-order valence-electron chi connectivity index (χ2n) is 3.97. The van der Waals surface area contributed by atoms with Gasteiger partial charge in [0.15, 0.2) is 0 Å². The van der Waals surface area contributed by atoms with Gasteiger partial charge < -0.3 is 0 Å². The van der Waals surface area contributed by atoms with Crippen LogP contribution in [0.4, 0.5) is 0 Å². The van der Waals surface area contributed by atoms with Gasteiger partial charge in [0.1, 0.15) is 0 Å². The zero-order valence-corrected chi connectivity index (χ0v) is 10.7. The van der Waals surface area contributed by atoms with E-state index in [1.165, 1.54) is 12.1 Å². The minimum absolute atomic E-state index is 0.216. The second kappa shape index (κ2) is 4.18. The highest BCUT2D eigenvalue weighted by molar-refractivity contribution is 7.89. The van der Waals surface area contributed by atoms with Crippen molar-refractivity contribution >= 4 is 33.2 Å². The van der Waals surface area contributed by atoms with Crippen LogP contribution in [0.25, 0.3) is 0 Å². The molecule has 3 nitrogen and oxygen atoms in total. The van der Waals surface area contributed by atoms with E-state index in [1.54, 1.807) is 12.1 Å². The quantitative estimate of drug-likeness (QED) is 0.861. The highest BCUT2D eigenvalue weighted by atomic mass is 35.5. The topological polar surface area (TPSA) is 46.2 Å². The second-order valence-corrected chi connectivity index (χ2v) is 6.36. The summed E-state index contributed by atoms with van der Waals surface area (Å²) in [5.41, 5.74) is -0.431. The Kier molecular flexibility index (Phi) is 3.18. The Labute approximate surface area is 105 Å². The molecule has 0 radical (unpaired) electrons. The summed E-state index contributed by atoms with van der Waals surface area (Å²) in [5, 5.41) is 0.512. The number of rotatable bonds is 4. The van der Waals surface area contributed by atoms with E-state index < -0.39 is 15.6 Å². The first-order valence-electron chi connectivity index (χ1n) is 4.83. The standard InChI is InChI=1S/C10H11Cl2NO2S/c11-7-10(5-6-10)13-16(14,15)9-3-1-8(12)2-4-9/h1-4,13H,5-7H2. The first kappa shape index (κ1) is 12.2. The number of hydrogen-bond acceptors (Lipinski definition) is 2. The molecule has 1 aliphatic rings. The normalized spacial score (nSPS) is 18.4. The van der Waals surface area contributed by atoms with E-state index in [9.17, 15) is 8.42 Å². The lowest BCUT2D eigenvalue weighted by atomic mass is 10.4. The molecule has 1 aromatic carbocycles. The smallest absolute Gasteiger partial charge is 0.207 e. The van der Waals surface area contributed by atoms with Crippen LogP contribution >= 0.6 is 23.2 Å². The van der Waals surface area contributed by atoms with Crippen molar-refractivity contribution in [1.82, 2.24) is 4.72 Å². The molecule has 16 heavy (non-hydrogen) atoms. The van der Waals surface area contributed by atoms with Gasteiger partial charge in [0, 0.05) is 16.4 Å². The van der Waals surface area contributed by atoms with Gasteiger partial charge >= 0.3 is 0 Å². The molecule has 1 N–H and O–H groups in total. The number of halogens is 2. The predicted octanol–water partition coefficient (Wildman–Crippen LogP) is 2.39. The summed E-state index contributed by atoms with van der Waals surface area (Å²) in [6.45, 7) is 0. The largest absolute Gasteiger partial charge is 0.241 e. The third-order valence-electron chi connectivity index (χ3n) is 2.58. The number of hydrogen-bond donors (Lipinski definition) is 1. The molecule has 2 rings (SSSR count). The first-order chi connectivity index (χ1) is 7.47. The molecule has 6 heteroatoms. The van der Waals surface area contributed by atoms with E-state index in [4.69, 9.17) is 23.2 Å². The average Bonchev–Trinajstić information content (AvgIpc) is 2.98. The average molecular weight is 280 g/mol. The minimum Gasteiger partial charge on any atom is -0.207 e. The van der Waals surface area contributed by atoms with E-state index >= 15 is 0 Å². The Morgan fingerprint density at radius 1 is 1.25 bits per heavy atom. The lowest BCUT2D eigenvalue weighted by Crippen LogP contribution is -2.38. The van der Waals surface area contributed by atoms with Crippen molar-refractivity contribution in [3.63, 3.8) is 0 Å². The molecule has 0 spiro atoms. The van der Waals surface area contributed by atoms with E-state index in [-0.39, 0.29) is 4.90 Å². The molecule has 1 aliphatic carbocycles. The fraction of sp³-hybridized carbons (Fsp3) is 0.400. The van der Waals surface area contributed by atoms with Crippen LogP contribution < -0.4 is 4.72 Å². The van der Waals surface area contributed by atoms with Crippen LogP contribution in [0.1, 0.15) is 12.8 Å². The summed E-state index contributed by atoms with van der Waals surface area (Å²) < 4.78 is 26.5. The monoisotopic (exact) mass is 279 g/mol. The Bertz CT molecular complexity index is 480. The molecule has 0 atom stereocenters. The zero-order chi connectivity index (χ0) is 11.8. The summed E-state index contributed by atoms with van der Waals surface area (Å²) in [5.74, 6) is 0.305. The maximum Gasteiger partial charge on any atom is 0.241 e. The molecule has 0 heterocycles. The zero-order valence-electron chi connectivity index (χ0n) is 8.41. The number of benzene rings is 1. The Morgan fingerprint density at radius 2 is 1.81 bits per heavy atom. The molecule has 0 unspecified atom stereocenters. The van der Waals surface area contributed by atoms with Gasteiger partial charge in [-0.05, 0) is 37.1 Å². The van der Waals surface area contributed by atoms with Crippen molar-refractivity contribution in [1.29, 1.82) is 0 Å². The number of alkyl halides is 1. The fourth-order valence-corrected chi connectivity index (χ4v) is 3.37. The van der Waals surface area contributed by atoms with Gasteiger partial charge in [-0.3, -0.25) is 0 Å². The lowest BCUT2D eigenvalue weighted by Gasteiger charge is -2.14. The van der Waals surface area contributed by atoms with Gasteiger partial charge in [-0.15, -0.1) is 11.6 Å². The van der Waals surface area contributed by atoms with E-state index in [0.717, 1.165) is 12.8 Å². The Morgan fingerprint density at radius 3 is 2.25 bits per heavy atom. The van der Waals surface area contributed by atoms with Crippen molar-refractivity contribution in [2.24, 2.45) is 0 Å². The highest BCUT2D eigenvalue weighted by Crippen LogP contribution is 2.37. The van der Waals surface area contributed by atoms with Crippen LogP contribution in [0.5, 0.6) is 0 Å². The molecule has 0 amide bonds. The van der Waals surface area contributed by atoms with Crippen molar-refractivity contribution in [2.75, 3.05) is 5.88 Å². The summed E-state index contributed by atoms with van der Waals surface area (Å²) in [4.78, 5) is 0.216. The first-order valence-corrected chi connectivity index (χ1v) is 7.23. The minimum atomic E-state index is -3.48. The van der Waals surface area contributed by atoms with Gasteiger partial charge in [-0.1, -0.05) is 11.6 Å². The van der Waals surface area contributed by atoms with Crippen molar-refractivity contribution in [3.05, 3.63) is 29.3 Å². The van der Waals surface area contributed by atoms with Crippen LogP contribution in [0.3, 0.4) is 0 Å². The molecule has 1 aromatic rings. The van der Waals surface area contributed by atoms with Gasteiger partial charge in [0.05, 0.1) is 4.90 Å². The third-order valence-corrected chi connectivity index (χ3v) is 4.94. The van der Waals surface area contributed by atoms with E-state index in [2.05, 4.69) is 4.72 Å². The summed E-state index contributed by atoms with van der Waals surface area (Å²) in [6.07, 6.45) is 1.59. The summed E-state index contributed by atoms with van der Waals surface area (Å²) in [7, 11) is -3.48. The molecular weight excluding hydrogens is 269 g/mol. The van der Waals surface area contributed by atoms with Crippen LogP contribution in [-0.4, -0.2) is 19.8 Å². The van der Waals surface area contributed by atoms with Crippen molar-refractivity contribution in [3.8, 4) is 0 Å². The molecule has 1 fully saturated rings. The van der Waals surface area contributed by atoms with Crippen LogP contribution in [0.15, 0.2) is 29.2 Å². The van der Waals surface area contributed by atoms with Crippen molar-refractivity contribution < 1.29 is 8.42 Å². The van der Waals surface area contributed by atoms with E-state index in [0.29, 0.717) is 10.9 Å². The Hall–Kier alpha value is -0.290. The molecule has 0 aliphatic heterocycles. The van der Waals surface area contributed by atoms with Gasteiger partial charge in [0.2, 0.25) is 10.0 Å². The molecule has 0 aromatic heterocycles. The number of nitrogens with one attached hydrogen (secondary N) is 1. The maximum absolute atomic E-state index is 11.9. The molecule has 0 bridgehead atoms. The van der Waals surface area contributed by atoms with Gasteiger partial charge in [-0.25, -0.2) is 13.1 Å². The maximum atomic E-state index is 11.9. The third kappa shape index (κ3) is 2.51. The van der Waals surface area contributed by atoms with Crippen molar-refractivity contribution in [2.45, 2.75) is 23.3 Å². The summed E-state index contributed by atoms with van der Waals surface area (Å²) >= 11 is 11.4. The fourth-order valence-electron chi connectivity index (χ4n) is 1.37. The molecular formula is C10H11Cl2NO2S. The van der Waals surface area contributed by atoms with Crippen LogP contribution in [-0.2, 0) is 10.0 Å². The molecule has 88 valence electrons. The highest BCUT2D eigenvalue weighted by Gasteiger charge is 2.45. The van der Waals surface area contributed by atoms with Gasteiger partial charge in [0.25, 0.3) is 0 Å². The van der Waals surface area contributed by atoms with Crippen LogP contribution in [0, 0.1) is 0 Å². The molecule has 0 saturated heterocycles. The molecule has 1 saturated carbocycles. The summed E-state index contributed by atoms with van der Waals surface area (Å²) in [6, 6.07) is 6.07. The number of sulfonamides is 1. The SMILES string of the molecule is O=S(=O)(NC1(CCl)CC1)c1ccc(Cl)cc1. The van der Waals surface area contributed by atoms with E-state index in [1.807, 2.05) is 0 Å². The van der Waals surface area contributed by atoms with Gasteiger partial charge in [-0.2, -0.15) is 0 Å². The van der Waals surface area contributed by atoms with Crippen LogP contribution in [0.2, 0.25) is 5.02 Å². The predicted molar refractivity (Wildman–Crippen MR) is 64.5 cm³/mol. The lowest BCUT2D eigenvalue weighted by molar-refractivity contribution is 0.559. The Balaban J connectivity index is 2.22.